The van der Waals surface area contributed by atoms with Crippen LogP contribution in [0.15, 0.2) is 35.3 Å². The minimum atomic E-state index is -5.93. The lowest BCUT2D eigenvalue weighted by Gasteiger charge is -2.33. The van der Waals surface area contributed by atoms with Crippen molar-refractivity contribution < 1.29 is 36.2 Å². The zero-order valence-electron chi connectivity index (χ0n) is 24.5. The Morgan fingerprint density at radius 1 is 0.905 bits per heavy atom. The number of rotatable bonds is 12. The Morgan fingerprint density at radius 3 is 2.12 bits per heavy atom. The fourth-order valence-electron chi connectivity index (χ4n) is 6.03. The number of hydrogen-bond donors (Lipinski definition) is 1. The highest BCUT2D eigenvalue weighted by molar-refractivity contribution is 5.60. The summed E-state index contributed by atoms with van der Waals surface area (Å²) in [4.78, 5) is 6.98. The number of nitrogens with zero attached hydrogens (tertiary/aromatic N) is 2. The molecule has 0 bridgehead atoms. The lowest BCUT2D eigenvalue weighted by Crippen LogP contribution is -2.54. The summed E-state index contributed by atoms with van der Waals surface area (Å²) in [6, 6.07) is 8.29. The third-order valence-corrected chi connectivity index (χ3v) is 8.34. The summed E-state index contributed by atoms with van der Waals surface area (Å²) < 4.78 is 87.8. The van der Waals surface area contributed by atoms with Gasteiger partial charge < -0.3 is 14.7 Å². The van der Waals surface area contributed by atoms with Crippen molar-refractivity contribution in [2.24, 2.45) is 4.99 Å². The van der Waals surface area contributed by atoms with E-state index in [1.165, 1.54) is 23.1 Å². The standard InChI is InChI=1S/C32H40F6N2O2/c1-4-9-24-18-27(30(41,31(33,34)35)32(36,37)38)19-25(10-5-2)28(24)42-16-7-6-15-40-20-29(3,39-21-40)26-14-13-22-11-8-12-23(22)17-26/h13-14,17-19,21,41H,4-12,15-16,20H2,1-3H3. The number of fused-ring (bicyclic) bond motifs is 1. The number of unbranched alkanes of at least 4 members (excludes halogenated alkanes) is 1. The van der Waals surface area contributed by atoms with Crippen molar-refractivity contribution in [3.63, 3.8) is 0 Å². The van der Waals surface area contributed by atoms with Crippen LogP contribution in [0, 0.1) is 0 Å². The molecular formula is C32H40F6N2O2. The molecule has 2 aromatic carbocycles. The number of ether oxygens (including phenoxy) is 1. The number of benzene rings is 2. The average molecular weight is 599 g/mol. The van der Waals surface area contributed by atoms with Gasteiger partial charge in [-0.2, -0.15) is 26.3 Å². The monoisotopic (exact) mass is 598 g/mol. The Balaban J connectivity index is 1.41. The second kappa shape index (κ2) is 12.5. The third kappa shape index (κ3) is 6.43. The van der Waals surface area contributed by atoms with Gasteiger partial charge in [0.25, 0.3) is 5.60 Å². The van der Waals surface area contributed by atoms with E-state index >= 15 is 0 Å². The molecule has 0 saturated heterocycles. The van der Waals surface area contributed by atoms with E-state index in [9.17, 15) is 31.4 Å². The predicted molar refractivity (Wildman–Crippen MR) is 151 cm³/mol. The first-order valence-corrected chi connectivity index (χ1v) is 14.8. The Bertz CT molecular complexity index is 1230. The molecule has 2 aliphatic rings. The Morgan fingerprint density at radius 2 is 1.52 bits per heavy atom. The number of hydrogen-bond acceptors (Lipinski definition) is 4. The number of alkyl halides is 6. The Labute approximate surface area is 243 Å². The summed E-state index contributed by atoms with van der Waals surface area (Å²) in [5, 5.41) is 10.0. The molecule has 1 N–H and O–H groups in total. The summed E-state index contributed by atoms with van der Waals surface area (Å²) in [7, 11) is 0. The van der Waals surface area contributed by atoms with E-state index in [0.29, 0.717) is 25.0 Å². The summed E-state index contributed by atoms with van der Waals surface area (Å²) in [6.07, 6.45) is -3.71. The summed E-state index contributed by atoms with van der Waals surface area (Å²) in [6.45, 7) is 7.48. The van der Waals surface area contributed by atoms with Crippen LogP contribution in [0.5, 0.6) is 5.75 Å². The van der Waals surface area contributed by atoms with Gasteiger partial charge in [0.15, 0.2) is 0 Å². The van der Waals surface area contributed by atoms with Crippen LogP contribution in [-0.4, -0.2) is 48.4 Å². The first-order valence-electron chi connectivity index (χ1n) is 14.8. The predicted octanol–water partition coefficient (Wildman–Crippen LogP) is 7.81. The highest BCUT2D eigenvalue weighted by Gasteiger charge is 2.71. The molecule has 1 heterocycles. The quantitative estimate of drug-likeness (QED) is 0.200. The van der Waals surface area contributed by atoms with Crippen LogP contribution in [0.4, 0.5) is 26.3 Å². The van der Waals surface area contributed by atoms with Gasteiger partial charge in [0.1, 0.15) is 11.3 Å². The number of halogens is 6. The van der Waals surface area contributed by atoms with Crippen molar-refractivity contribution in [2.45, 2.75) is 102 Å². The number of aliphatic hydroxyl groups is 1. The van der Waals surface area contributed by atoms with Crippen LogP contribution in [0.3, 0.4) is 0 Å². The minimum absolute atomic E-state index is 0.219. The van der Waals surface area contributed by atoms with Crippen LogP contribution in [-0.2, 0) is 36.8 Å². The largest absolute Gasteiger partial charge is 0.493 e. The van der Waals surface area contributed by atoms with Gasteiger partial charge in [0.05, 0.1) is 12.9 Å². The maximum atomic E-state index is 13.6. The second-order valence-electron chi connectivity index (χ2n) is 11.7. The lowest BCUT2D eigenvalue weighted by molar-refractivity contribution is -0.376. The van der Waals surface area contributed by atoms with E-state index in [1.54, 1.807) is 13.8 Å². The third-order valence-electron chi connectivity index (χ3n) is 8.34. The maximum Gasteiger partial charge on any atom is 0.430 e. The smallest absolute Gasteiger partial charge is 0.430 e. The van der Waals surface area contributed by atoms with Crippen molar-refractivity contribution in [2.75, 3.05) is 19.7 Å². The van der Waals surface area contributed by atoms with Crippen LogP contribution in [0.25, 0.3) is 0 Å². The summed E-state index contributed by atoms with van der Waals surface area (Å²) in [5.74, 6) is 0.320. The zero-order chi connectivity index (χ0) is 30.8. The van der Waals surface area contributed by atoms with Crippen LogP contribution >= 0.6 is 0 Å². The van der Waals surface area contributed by atoms with Gasteiger partial charge in [-0.1, -0.05) is 44.9 Å². The fraction of sp³-hybridized carbons (Fsp3) is 0.594. The highest BCUT2D eigenvalue weighted by atomic mass is 19.4. The molecule has 0 radical (unpaired) electrons. The van der Waals surface area contributed by atoms with E-state index in [2.05, 4.69) is 30.0 Å². The maximum absolute atomic E-state index is 13.6. The van der Waals surface area contributed by atoms with E-state index < -0.39 is 23.5 Å². The molecule has 1 atom stereocenters. The van der Waals surface area contributed by atoms with Crippen LogP contribution in [0.2, 0.25) is 0 Å². The molecule has 42 heavy (non-hydrogen) atoms. The molecule has 1 aliphatic carbocycles. The Hall–Kier alpha value is -2.75. The number of aryl methyl sites for hydroxylation is 4. The molecular weight excluding hydrogens is 558 g/mol. The normalized spacial score (nSPS) is 19.0. The number of aliphatic imine (C=N–C) groups is 1. The molecule has 4 rings (SSSR count). The first kappa shape index (κ1) is 32.2. The lowest BCUT2D eigenvalue weighted by atomic mass is 9.87. The van der Waals surface area contributed by atoms with Crippen molar-refractivity contribution in [3.8, 4) is 5.75 Å². The van der Waals surface area contributed by atoms with Crippen molar-refractivity contribution in [3.05, 3.63) is 63.7 Å². The van der Waals surface area contributed by atoms with Crippen LogP contribution < -0.4 is 4.74 Å². The molecule has 1 unspecified atom stereocenters. The van der Waals surface area contributed by atoms with Crippen molar-refractivity contribution in [1.29, 1.82) is 0 Å². The molecule has 0 saturated carbocycles. The van der Waals surface area contributed by atoms with Crippen LogP contribution in [0.1, 0.15) is 86.3 Å². The SMILES string of the molecule is CCCc1cc(C(O)(C(F)(F)F)C(F)(F)F)cc(CCC)c1OCCCCN1C=NC(C)(c2ccc3c(c2)CCC3)C1. The van der Waals surface area contributed by atoms with Gasteiger partial charge in [-0.05, 0) is 91.8 Å². The van der Waals surface area contributed by atoms with Gasteiger partial charge in [0.2, 0.25) is 0 Å². The molecule has 0 fully saturated rings. The molecule has 232 valence electrons. The molecule has 10 heteroatoms. The minimum Gasteiger partial charge on any atom is -0.493 e. The van der Waals surface area contributed by atoms with E-state index in [-0.39, 0.29) is 36.1 Å². The molecule has 4 nitrogen and oxygen atoms in total. The zero-order valence-corrected chi connectivity index (χ0v) is 24.5. The highest BCUT2D eigenvalue weighted by Crippen LogP contribution is 2.51. The fourth-order valence-corrected chi connectivity index (χ4v) is 6.03. The topological polar surface area (TPSA) is 45.1 Å². The first-order chi connectivity index (χ1) is 19.7. The molecule has 1 aliphatic heterocycles. The van der Waals surface area contributed by atoms with E-state index in [0.717, 1.165) is 44.5 Å². The second-order valence-corrected chi connectivity index (χ2v) is 11.7. The molecule has 2 aromatic rings. The van der Waals surface area contributed by atoms with Gasteiger partial charge in [-0.25, -0.2) is 0 Å². The average Bonchev–Trinajstić information content (AvgIpc) is 3.54. The van der Waals surface area contributed by atoms with E-state index in [4.69, 9.17) is 9.73 Å². The van der Waals surface area contributed by atoms with E-state index in [1.807, 2.05) is 6.34 Å². The molecule has 0 aromatic heterocycles. The van der Waals surface area contributed by atoms with Gasteiger partial charge >= 0.3 is 12.4 Å². The van der Waals surface area contributed by atoms with Gasteiger partial charge in [0, 0.05) is 18.7 Å². The molecule has 0 amide bonds. The summed E-state index contributed by atoms with van der Waals surface area (Å²) in [5.41, 5.74) is -1.96. The van der Waals surface area contributed by atoms with Gasteiger partial charge in [-0.3, -0.25) is 4.99 Å². The molecule has 0 spiro atoms. The van der Waals surface area contributed by atoms with Gasteiger partial charge in [-0.15, -0.1) is 0 Å². The van der Waals surface area contributed by atoms with Crippen molar-refractivity contribution >= 4 is 6.34 Å². The summed E-state index contributed by atoms with van der Waals surface area (Å²) >= 11 is 0. The Kier molecular flexibility index (Phi) is 9.55. The van der Waals surface area contributed by atoms with Crippen molar-refractivity contribution in [1.82, 2.24) is 4.90 Å².